The fourth-order valence-electron chi connectivity index (χ4n) is 1.88. The average Bonchev–Trinajstić information content (AvgIpc) is 2.38. The lowest BCUT2D eigenvalue weighted by Crippen LogP contribution is -2.07. The summed E-state index contributed by atoms with van der Waals surface area (Å²) in [5, 5.41) is 24.0. The van der Waals surface area contributed by atoms with Crippen LogP contribution in [0.15, 0.2) is 24.3 Å². The number of para-hydroxylation sites is 1. The van der Waals surface area contributed by atoms with Crippen molar-refractivity contribution in [1.29, 1.82) is 0 Å². The van der Waals surface area contributed by atoms with E-state index < -0.39 is 4.92 Å². The van der Waals surface area contributed by atoms with Gasteiger partial charge < -0.3 is 10.4 Å². The largest absolute Gasteiger partial charge is 0.507 e. The summed E-state index contributed by atoms with van der Waals surface area (Å²) in [6.45, 7) is 4.02. The van der Waals surface area contributed by atoms with E-state index in [1.54, 1.807) is 25.1 Å². The Balaban J connectivity index is 2.71. The third kappa shape index (κ3) is 2.51. The van der Waals surface area contributed by atoms with Gasteiger partial charge in [0, 0.05) is 12.1 Å². The third-order valence-electron chi connectivity index (χ3n) is 2.73. The molecule has 0 unspecified atom stereocenters. The summed E-state index contributed by atoms with van der Waals surface area (Å²) < 4.78 is 0. The van der Waals surface area contributed by atoms with Gasteiger partial charge in [-0.05, 0) is 26.0 Å². The van der Waals surface area contributed by atoms with E-state index in [2.05, 4.69) is 15.3 Å². The molecule has 1 heterocycles. The smallest absolute Gasteiger partial charge is 0.316 e. The molecule has 2 rings (SSSR count). The maximum Gasteiger partial charge on any atom is 0.316 e. The molecular formula is C13H14N4O3. The van der Waals surface area contributed by atoms with Crippen LogP contribution in [0.5, 0.6) is 5.75 Å². The molecular weight excluding hydrogens is 260 g/mol. The summed E-state index contributed by atoms with van der Waals surface area (Å²) in [4.78, 5) is 18.9. The molecule has 0 amide bonds. The first-order chi connectivity index (χ1) is 9.54. The molecule has 0 aliphatic carbocycles. The number of nitrogens with zero attached hydrogens (tertiary/aromatic N) is 3. The number of aromatic hydroxyl groups is 1. The first-order valence-electron chi connectivity index (χ1n) is 6.09. The molecule has 1 aromatic heterocycles. The molecule has 0 saturated heterocycles. The lowest BCUT2D eigenvalue weighted by atomic mass is 10.1. The van der Waals surface area contributed by atoms with Gasteiger partial charge >= 0.3 is 5.69 Å². The Hall–Kier alpha value is -2.70. The normalized spacial score (nSPS) is 10.3. The lowest BCUT2D eigenvalue weighted by Gasteiger charge is -2.09. The van der Waals surface area contributed by atoms with E-state index in [0.717, 1.165) is 0 Å². The Morgan fingerprint density at radius 2 is 2.05 bits per heavy atom. The number of phenolic OH excluding ortho intramolecular Hbond substituents is 1. The molecule has 20 heavy (non-hydrogen) atoms. The molecule has 2 N–H and O–H groups in total. The Labute approximate surface area is 115 Å². The van der Waals surface area contributed by atoms with Crippen molar-refractivity contribution in [3.63, 3.8) is 0 Å². The van der Waals surface area contributed by atoms with Crippen LogP contribution >= 0.6 is 0 Å². The van der Waals surface area contributed by atoms with Crippen LogP contribution in [0.4, 0.5) is 11.6 Å². The van der Waals surface area contributed by atoms with Crippen molar-refractivity contribution in [3.05, 3.63) is 40.1 Å². The van der Waals surface area contributed by atoms with Crippen molar-refractivity contribution in [2.45, 2.75) is 13.8 Å². The van der Waals surface area contributed by atoms with Crippen LogP contribution in [0, 0.1) is 17.0 Å². The van der Waals surface area contributed by atoms with E-state index in [-0.39, 0.29) is 22.8 Å². The molecule has 7 nitrogen and oxygen atoms in total. The Morgan fingerprint density at radius 3 is 2.65 bits per heavy atom. The average molecular weight is 274 g/mol. The summed E-state index contributed by atoms with van der Waals surface area (Å²) in [6.07, 6.45) is 0. The number of rotatable bonds is 4. The van der Waals surface area contributed by atoms with E-state index in [0.29, 0.717) is 18.1 Å². The summed E-state index contributed by atoms with van der Waals surface area (Å²) >= 11 is 0. The molecule has 1 aromatic carbocycles. The van der Waals surface area contributed by atoms with Crippen molar-refractivity contribution in [1.82, 2.24) is 9.97 Å². The van der Waals surface area contributed by atoms with E-state index in [9.17, 15) is 15.2 Å². The number of hydrogen-bond donors (Lipinski definition) is 2. The number of phenols is 1. The van der Waals surface area contributed by atoms with Crippen molar-refractivity contribution in [3.8, 4) is 17.0 Å². The van der Waals surface area contributed by atoms with Gasteiger partial charge in [-0.15, -0.1) is 0 Å². The van der Waals surface area contributed by atoms with Crippen molar-refractivity contribution >= 4 is 11.6 Å². The minimum absolute atomic E-state index is 0.0591. The SMILES string of the molecule is CCNc1nc(C)c([N+](=O)[O-])c(-c2ccccc2O)n1. The van der Waals surface area contributed by atoms with Gasteiger partial charge in [0.25, 0.3) is 0 Å². The number of anilines is 1. The van der Waals surface area contributed by atoms with Crippen LogP contribution in [0.25, 0.3) is 11.3 Å². The molecule has 0 saturated carbocycles. The molecule has 0 spiro atoms. The topological polar surface area (TPSA) is 101 Å². The number of benzene rings is 1. The van der Waals surface area contributed by atoms with Gasteiger partial charge in [-0.1, -0.05) is 12.1 Å². The molecule has 2 aromatic rings. The minimum atomic E-state index is -0.535. The fraction of sp³-hybridized carbons (Fsp3) is 0.231. The van der Waals surface area contributed by atoms with Gasteiger partial charge in [0.05, 0.1) is 4.92 Å². The first-order valence-corrected chi connectivity index (χ1v) is 6.09. The summed E-state index contributed by atoms with van der Waals surface area (Å²) in [6, 6.07) is 6.37. The van der Waals surface area contributed by atoms with Gasteiger partial charge in [-0.25, -0.2) is 9.97 Å². The summed E-state index contributed by atoms with van der Waals surface area (Å²) in [7, 11) is 0. The van der Waals surface area contributed by atoms with E-state index in [1.165, 1.54) is 6.07 Å². The van der Waals surface area contributed by atoms with Gasteiger partial charge in [-0.3, -0.25) is 10.1 Å². The van der Waals surface area contributed by atoms with Crippen LogP contribution < -0.4 is 5.32 Å². The highest BCUT2D eigenvalue weighted by molar-refractivity contribution is 5.76. The van der Waals surface area contributed by atoms with E-state index >= 15 is 0 Å². The molecule has 0 fully saturated rings. The molecule has 104 valence electrons. The third-order valence-corrected chi connectivity index (χ3v) is 2.73. The van der Waals surface area contributed by atoms with Crippen molar-refractivity contribution in [2.75, 3.05) is 11.9 Å². The van der Waals surface area contributed by atoms with Crippen LogP contribution in [-0.2, 0) is 0 Å². The zero-order chi connectivity index (χ0) is 14.7. The highest BCUT2D eigenvalue weighted by Crippen LogP contribution is 2.35. The minimum Gasteiger partial charge on any atom is -0.507 e. The fourth-order valence-corrected chi connectivity index (χ4v) is 1.88. The molecule has 0 bridgehead atoms. The maximum absolute atomic E-state index is 11.2. The Kier molecular flexibility index (Phi) is 3.79. The molecule has 0 aliphatic heterocycles. The summed E-state index contributed by atoms with van der Waals surface area (Å²) in [5.74, 6) is 0.241. The van der Waals surface area contributed by atoms with Crippen LogP contribution in [0.3, 0.4) is 0 Å². The van der Waals surface area contributed by atoms with Crippen LogP contribution in [0.1, 0.15) is 12.6 Å². The quantitative estimate of drug-likeness (QED) is 0.656. The standard InChI is InChI=1S/C13H14N4O3/c1-3-14-13-15-8(2)12(17(19)20)11(16-13)9-6-4-5-7-10(9)18/h4-7,18H,3H2,1-2H3,(H,14,15,16). The predicted octanol–water partition coefficient (Wildman–Crippen LogP) is 2.50. The maximum atomic E-state index is 11.2. The zero-order valence-corrected chi connectivity index (χ0v) is 11.1. The van der Waals surface area contributed by atoms with Gasteiger partial charge in [0.1, 0.15) is 11.4 Å². The molecule has 0 aliphatic rings. The Bertz CT molecular complexity index is 658. The zero-order valence-electron chi connectivity index (χ0n) is 11.1. The van der Waals surface area contributed by atoms with Gasteiger partial charge in [-0.2, -0.15) is 0 Å². The number of aromatic nitrogens is 2. The van der Waals surface area contributed by atoms with Gasteiger partial charge in [0.15, 0.2) is 5.69 Å². The highest BCUT2D eigenvalue weighted by atomic mass is 16.6. The predicted molar refractivity (Wildman–Crippen MR) is 74.7 cm³/mol. The second-order valence-corrected chi connectivity index (χ2v) is 4.13. The monoisotopic (exact) mass is 274 g/mol. The van der Waals surface area contributed by atoms with Crippen molar-refractivity contribution < 1.29 is 10.0 Å². The first kappa shape index (κ1) is 13.7. The van der Waals surface area contributed by atoms with Crippen LogP contribution in [0.2, 0.25) is 0 Å². The molecule has 0 radical (unpaired) electrons. The molecule has 7 heteroatoms. The van der Waals surface area contributed by atoms with E-state index in [1.807, 2.05) is 6.92 Å². The Morgan fingerprint density at radius 1 is 1.35 bits per heavy atom. The number of hydrogen-bond acceptors (Lipinski definition) is 6. The van der Waals surface area contributed by atoms with Crippen LogP contribution in [-0.4, -0.2) is 26.5 Å². The second kappa shape index (κ2) is 5.52. The lowest BCUT2D eigenvalue weighted by molar-refractivity contribution is -0.385. The van der Waals surface area contributed by atoms with Gasteiger partial charge in [0.2, 0.25) is 5.95 Å². The second-order valence-electron chi connectivity index (χ2n) is 4.13. The number of nitro groups is 1. The highest BCUT2D eigenvalue weighted by Gasteiger charge is 2.24. The number of nitrogens with one attached hydrogen (secondary N) is 1. The molecule has 0 atom stereocenters. The van der Waals surface area contributed by atoms with Crippen molar-refractivity contribution in [2.24, 2.45) is 0 Å². The van der Waals surface area contributed by atoms with E-state index in [4.69, 9.17) is 0 Å². The number of aryl methyl sites for hydroxylation is 1. The summed E-state index contributed by atoms with van der Waals surface area (Å²) in [5.41, 5.74) is 0.466.